The predicted octanol–water partition coefficient (Wildman–Crippen LogP) is 5.55. The van der Waals surface area contributed by atoms with Crippen LogP contribution in [0.1, 0.15) is 48.9 Å². The van der Waals surface area contributed by atoms with Crippen LogP contribution in [0.25, 0.3) is 10.9 Å². The highest BCUT2D eigenvalue weighted by Crippen LogP contribution is 2.37. The minimum atomic E-state index is 0.427. The number of H-pyrrole nitrogens is 1. The molecule has 0 saturated heterocycles. The molecule has 2 aliphatic rings. The highest BCUT2D eigenvalue weighted by atomic mass is 15.2. The first kappa shape index (κ1) is 17.7. The molecule has 5 rings (SSSR count). The van der Waals surface area contributed by atoms with E-state index >= 15 is 0 Å². The Morgan fingerprint density at radius 3 is 2.54 bits per heavy atom. The molecular weight excluding hydrogens is 342 g/mol. The molecule has 3 heteroatoms. The average molecular weight is 372 g/mol. The SMILES string of the molecule is CN1Cc2[nH]c3ccccc3c2C(=NCc2ccccc2)C1C1CCCCC1. The summed E-state index contributed by atoms with van der Waals surface area (Å²) in [7, 11) is 2.28. The van der Waals surface area contributed by atoms with Crippen molar-refractivity contribution in [1.29, 1.82) is 0 Å². The maximum Gasteiger partial charge on any atom is 0.0644 e. The maximum atomic E-state index is 5.28. The quantitative estimate of drug-likeness (QED) is 0.643. The van der Waals surface area contributed by atoms with E-state index < -0.39 is 0 Å². The molecule has 0 amide bonds. The van der Waals surface area contributed by atoms with Crippen LogP contribution < -0.4 is 0 Å². The van der Waals surface area contributed by atoms with Crippen molar-refractivity contribution in [3.63, 3.8) is 0 Å². The van der Waals surface area contributed by atoms with E-state index in [2.05, 4.69) is 71.5 Å². The number of rotatable bonds is 3. The molecule has 1 aliphatic carbocycles. The fourth-order valence-electron chi connectivity index (χ4n) is 5.28. The Kier molecular flexibility index (Phi) is 4.77. The van der Waals surface area contributed by atoms with Gasteiger partial charge in [0.05, 0.1) is 18.3 Å². The maximum absolute atomic E-state index is 5.28. The van der Waals surface area contributed by atoms with Crippen LogP contribution in [0.15, 0.2) is 59.6 Å². The van der Waals surface area contributed by atoms with Crippen molar-refractivity contribution in [2.75, 3.05) is 7.05 Å². The highest BCUT2D eigenvalue weighted by Gasteiger charge is 2.37. The molecule has 1 aromatic heterocycles. The molecule has 2 aromatic carbocycles. The van der Waals surface area contributed by atoms with Crippen LogP contribution in [-0.2, 0) is 13.1 Å². The highest BCUT2D eigenvalue weighted by molar-refractivity contribution is 6.15. The number of aromatic nitrogens is 1. The summed E-state index contributed by atoms with van der Waals surface area (Å²) in [6, 6.07) is 19.8. The monoisotopic (exact) mass is 371 g/mol. The number of nitrogens with one attached hydrogen (secondary N) is 1. The van der Waals surface area contributed by atoms with Crippen LogP contribution in [0.4, 0.5) is 0 Å². The zero-order valence-electron chi connectivity index (χ0n) is 16.7. The summed E-state index contributed by atoms with van der Waals surface area (Å²) in [5.41, 5.74) is 6.52. The Labute approximate surface area is 167 Å². The molecule has 144 valence electrons. The summed E-state index contributed by atoms with van der Waals surface area (Å²) in [6.07, 6.45) is 6.78. The summed E-state index contributed by atoms with van der Waals surface area (Å²) in [5, 5.41) is 1.33. The third-order valence-electron chi connectivity index (χ3n) is 6.57. The van der Waals surface area contributed by atoms with Crippen molar-refractivity contribution >= 4 is 16.6 Å². The van der Waals surface area contributed by atoms with Gasteiger partial charge in [-0.1, -0.05) is 67.8 Å². The van der Waals surface area contributed by atoms with Crippen LogP contribution in [0, 0.1) is 5.92 Å². The van der Waals surface area contributed by atoms with E-state index in [1.54, 1.807) is 0 Å². The Hall–Kier alpha value is -2.39. The van der Waals surface area contributed by atoms with E-state index in [1.807, 2.05) is 0 Å². The second-order valence-corrected chi connectivity index (χ2v) is 8.47. The molecule has 1 N–H and O–H groups in total. The van der Waals surface area contributed by atoms with Gasteiger partial charge in [0.2, 0.25) is 0 Å². The first-order valence-electron chi connectivity index (χ1n) is 10.7. The Morgan fingerprint density at radius 2 is 1.71 bits per heavy atom. The molecule has 2 heterocycles. The van der Waals surface area contributed by atoms with Crippen molar-refractivity contribution in [2.45, 2.75) is 51.2 Å². The molecule has 1 aliphatic heterocycles. The Balaban J connectivity index is 1.62. The van der Waals surface area contributed by atoms with Crippen LogP contribution in [-0.4, -0.2) is 28.7 Å². The second-order valence-electron chi connectivity index (χ2n) is 8.47. The first-order chi connectivity index (χ1) is 13.8. The molecule has 1 atom stereocenters. The summed E-state index contributed by atoms with van der Waals surface area (Å²) < 4.78 is 0. The molecule has 1 fully saturated rings. The lowest BCUT2D eigenvalue weighted by atomic mass is 9.78. The van der Waals surface area contributed by atoms with Crippen molar-refractivity contribution in [3.8, 4) is 0 Å². The third kappa shape index (κ3) is 3.18. The van der Waals surface area contributed by atoms with Crippen LogP contribution in [0.2, 0.25) is 0 Å². The molecule has 1 unspecified atom stereocenters. The summed E-state index contributed by atoms with van der Waals surface area (Å²) in [4.78, 5) is 11.5. The lowest BCUT2D eigenvalue weighted by Gasteiger charge is -2.40. The average Bonchev–Trinajstić information content (AvgIpc) is 3.11. The van der Waals surface area contributed by atoms with E-state index in [1.165, 1.54) is 65.5 Å². The molecular formula is C25H29N3. The van der Waals surface area contributed by atoms with Crippen molar-refractivity contribution in [3.05, 3.63) is 71.4 Å². The van der Waals surface area contributed by atoms with Crippen molar-refractivity contribution < 1.29 is 0 Å². The number of aromatic amines is 1. The number of hydrogen-bond donors (Lipinski definition) is 1. The number of hydrogen-bond acceptors (Lipinski definition) is 2. The van der Waals surface area contributed by atoms with Gasteiger partial charge < -0.3 is 4.98 Å². The van der Waals surface area contributed by atoms with Gasteiger partial charge in [0.15, 0.2) is 0 Å². The Morgan fingerprint density at radius 1 is 0.964 bits per heavy atom. The van der Waals surface area contributed by atoms with E-state index in [9.17, 15) is 0 Å². The molecule has 3 aromatic rings. The molecule has 0 bridgehead atoms. The molecule has 1 saturated carbocycles. The number of nitrogens with zero attached hydrogens (tertiary/aromatic N) is 2. The minimum Gasteiger partial charge on any atom is -0.357 e. The van der Waals surface area contributed by atoms with Crippen LogP contribution in [0.5, 0.6) is 0 Å². The van der Waals surface area contributed by atoms with Crippen molar-refractivity contribution in [2.24, 2.45) is 10.9 Å². The Bertz CT molecular complexity index is 979. The first-order valence-corrected chi connectivity index (χ1v) is 10.7. The lowest BCUT2D eigenvalue weighted by Crippen LogP contribution is -2.48. The normalized spacial score (nSPS) is 22.6. The third-order valence-corrected chi connectivity index (χ3v) is 6.57. The molecule has 0 spiro atoms. The number of fused-ring (bicyclic) bond motifs is 3. The fraction of sp³-hybridized carbons (Fsp3) is 0.400. The van der Waals surface area contributed by atoms with Gasteiger partial charge in [0.25, 0.3) is 0 Å². The summed E-state index contributed by atoms with van der Waals surface area (Å²) in [5.74, 6) is 0.718. The second kappa shape index (κ2) is 7.56. The number of benzene rings is 2. The summed E-state index contributed by atoms with van der Waals surface area (Å²) in [6.45, 7) is 1.74. The van der Waals surface area contributed by atoms with Gasteiger partial charge >= 0.3 is 0 Å². The van der Waals surface area contributed by atoms with Gasteiger partial charge in [0, 0.05) is 28.7 Å². The number of aliphatic imine (C=N–C) groups is 1. The zero-order valence-corrected chi connectivity index (χ0v) is 16.7. The fourth-order valence-corrected chi connectivity index (χ4v) is 5.28. The summed E-state index contributed by atoms with van der Waals surface area (Å²) >= 11 is 0. The molecule has 28 heavy (non-hydrogen) atoms. The smallest absolute Gasteiger partial charge is 0.0644 e. The van der Waals surface area contributed by atoms with Crippen LogP contribution in [0.3, 0.4) is 0 Å². The number of likely N-dealkylation sites (N-methyl/N-ethyl adjacent to an activating group) is 1. The number of para-hydroxylation sites is 1. The zero-order chi connectivity index (χ0) is 18.9. The lowest BCUT2D eigenvalue weighted by molar-refractivity contribution is 0.180. The van der Waals surface area contributed by atoms with E-state index in [0.717, 1.165) is 19.0 Å². The predicted molar refractivity (Wildman–Crippen MR) is 117 cm³/mol. The van der Waals surface area contributed by atoms with Gasteiger partial charge in [-0.05, 0) is 37.4 Å². The van der Waals surface area contributed by atoms with Crippen LogP contribution >= 0.6 is 0 Å². The van der Waals surface area contributed by atoms with Gasteiger partial charge in [-0.3, -0.25) is 9.89 Å². The molecule has 3 nitrogen and oxygen atoms in total. The van der Waals surface area contributed by atoms with Gasteiger partial charge in [-0.25, -0.2) is 0 Å². The van der Waals surface area contributed by atoms with E-state index in [0.29, 0.717) is 6.04 Å². The minimum absolute atomic E-state index is 0.427. The van der Waals surface area contributed by atoms with Gasteiger partial charge in [-0.15, -0.1) is 0 Å². The van der Waals surface area contributed by atoms with Gasteiger partial charge in [0.1, 0.15) is 0 Å². The molecule has 0 radical (unpaired) electrons. The van der Waals surface area contributed by atoms with Crippen molar-refractivity contribution in [1.82, 2.24) is 9.88 Å². The largest absolute Gasteiger partial charge is 0.357 e. The standard InChI is InChI=1S/C25H29N3/c1-28-17-22-23(20-14-8-9-15-21(20)27-22)24(25(28)19-12-6-3-7-13-19)26-16-18-10-4-2-5-11-18/h2,4-5,8-11,14-15,19,25,27H,3,6-7,12-13,16-17H2,1H3. The van der Waals surface area contributed by atoms with E-state index in [-0.39, 0.29) is 0 Å². The topological polar surface area (TPSA) is 31.4 Å². The van der Waals surface area contributed by atoms with Gasteiger partial charge in [-0.2, -0.15) is 0 Å². The van der Waals surface area contributed by atoms with E-state index in [4.69, 9.17) is 4.99 Å².